The molecule has 2 aromatic rings. The molecule has 18 heavy (non-hydrogen) atoms. The molecule has 1 aromatic carbocycles. The molecule has 0 bridgehead atoms. The maximum atomic E-state index is 12.7. The first-order valence-corrected chi connectivity index (χ1v) is 6.08. The Morgan fingerprint density at radius 2 is 2.17 bits per heavy atom. The SMILES string of the molecule is O=C(Nc1nc(N=C=S)cs1)c1ccc(F)cc1. The molecule has 0 unspecified atom stereocenters. The highest BCUT2D eigenvalue weighted by atomic mass is 32.1. The van der Waals surface area contributed by atoms with E-state index in [4.69, 9.17) is 0 Å². The van der Waals surface area contributed by atoms with Crippen molar-refractivity contribution in [3.05, 3.63) is 41.0 Å². The van der Waals surface area contributed by atoms with Gasteiger partial charge in [-0.05, 0) is 36.5 Å². The number of aliphatic imine (C=N–C) groups is 1. The fourth-order valence-corrected chi connectivity index (χ4v) is 1.91. The van der Waals surface area contributed by atoms with Crippen LogP contribution < -0.4 is 5.32 Å². The molecule has 0 saturated carbocycles. The van der Waals surface area contributed by atoms with Crippen LogP contribution in [-0.2, 0) is 0 Å². The standard InChI is InChI=1S/C11H6FN3OS2/c12-8-3-1-7(2-4-8)10(16)15-11-14-9(5-18-11)13-6-17/h1-5H,(H,14,15,16). The minimum Gasteiger partial charge on any atom is -0.298 e. The van der Waals surface area contributed by atoms with E-state index in [9.17, 15) is 9.18 Å². The second-order valence-electron chi connectivity index (χ2n) is 3.17. The lowest BCUT2D eigenvalue weighted by Gasteiger charge is -2.00. The van der Waals surface area contributed by atoms with E-state index in [0.717, 1.165) is 0 Å². The highest BCUT2D eigenvalue weighted by Gasteiger charge is 2.08. The summed E-state index contributed by atoms with van der Waals surface area (Å²) in [4.78, 5) is 19.4. The van der Waals surface area contributed by atoms with Gasteiger partial charge in [-0.15, -0.1) is 11.3 Å². The first-order chi connectivity index (χ1) is 8.69. The molecule has 1 amide bonds. The number of hydrogen-bond acceptors (Lipinski definition) is 5. The van der Waals surface area contributed by atoms with E-state index in [2.05, 4.69) is 32.7 Å². The van der Waals surface area contributed by atoms with Gasteiger partial charge in [-0.3, -0.25) is 10.1 Å². The lowest BCUT2D eigenvalue weighted by molar-refractivity contribution is 0.102. The second-order valence-corrected chi connectivity index (χ2v) is 4.22. The second kappa shape index (κ2) is 5.59. The summed E-state index contributed by atoms with van der Waals surface area (Å²) >= 11 is 5.66. The topological polar surface area (TPSA) is 54.4 Å². The third-order valence-corrected chi connectivity index (χ3v) is 2.82. The van der Waals surface area contributed by atoms with Crippen LogP contribution in [0.25, 0.3) is 0 Å². The van der Waals surface area contributed by atoms with Crippen LogP contribution in [0, 0.1) is 5.82 Å². The van der Waals surface area contributed by atoms with Crippen LogP contribution in [0.1, 0.15) is 10.4 Å². The van der Waals surface area contributed by atoms with E-state index in [0.29, 0.717) is 16.5 Å². The van der Waals surface area contributed by atoms with Crippen LogP contribution in [0.3, 0.4) is 0 Å². The van der Waals surface area contributed by atoms with Crippen molar-refractivity contribution in [2.45, 2.75) is 0 Å². The highest BCUT2D eigenvalue weighted by Crippen LogP contribution is 2.21. The normalized spacial score (nSPS) is 9.61. The van der Waals surface area contributed by atoms with Crippen LogP contribution in [0.2, 0.25) is 0 Å². The smallest absolute Gasteiger partial charge is 0.257 e. The van der Waals surface area contributed by atoms with Gasteiger partial charge in [-0.1, -0.05) is 0 Å². The summed E-state index contributed by atoms with van der Waals surface area (Å²) in [5.41, 5.74) is 0.353. The van der Waals surface area contributed by atoms with Gasteiger partial charge in [0.25, 0.3) is 5.91 Å². The van der Waals surface area contributed by atoms with Crippen molar-refractivity contribution in [2.75, 3.05) is 5.32 Å². The minimum atomic E-state index is -0.390. The summed E-state index contributed by atoms with van der Waals surface area (Å²) in [5.74, 6) is -0.356. The molecule has 0 radical (unpaired) electrons. The predicted molar refractivity (Wildman–Crippen MR) is 71.2 cm³/mol. The van der Waals surface area contributed by atoms with Gasteiger partial charge in [-0.2, -0.15) is 9.98 Å². The van der Waals surface area contributed by atoms with Crippen molar-refractivity contribution in [1.82, 2.24) is 4.98 Å². The Morgan fingerprint density at radius 1 is 1.44 bits per heavy atom. The largest absolute Gasteiger partial charge is 0.298 e. The zero-order valence-electron chi connectivity index (χ0n) is 8.88. The molecule has 0 fully saturated rings. The number of benzene rings is 1. The zero-order chi connectivity index (χ0) is 13.0. The van der Waals surface area contributed by atoms with Crippen molar-refractivity contribution in [3.8, 4) is 0 Å². The molecule has 0 aliphatic carbocycles. The molecule has 7 heteroatoms. The van der Waals surface area contributed by atoms with Crippen molar-refractivity contribution < 1.29 is 9.18 Å². The van der Waals surface area contributed by atoms with Crippen molar-refractivity contribution in [3.63, 3.8) is 0 Å². The Morgan fingerprint density at radius 3 is 2.83 bits per heavy atom. The maximum absolute atomic E-state index is 12.7. The van der Waals surface area contributed by atoms with Gasteiger partial charge in [0.05, 0.1) is 5.16 Å². The van der Waals surface area contributed by atoms with E-state index in [-0.39, 0.29) is 5.91 Å². The maximum Gasteiger partial charge on any atom is 0.257 e. The quantitative estimate of drug-likeness (QED) is 0.693. The summed E-state index contributed by atoms with van der Waals surface area (Å²) in [5, 5.41) is 6.80. The lowest BCUT2D eigenvalue weighted by Crippen LogP contribution is -2.11. The van der Waals surface area contributed by atoms with Gasteiger partial charge in [0.1, 0.15) is 5.82 Å². The Kier molecular flexibility index (Phi) is 3.88. The fraction of sp³-hybridized carbons (Fsp3) is 0. The Hall–Kier alpha value is -1.95. The van der Waals surface area contributed by atoms with E-state index in [1.165, 1.54) is 35.6 Å². The predicted octanol–water partition coefficient (Wildman–Crippen LogP) is 3.27. The van der Waals surface area contributed by atoms with E-state index >= 15 is 0 Å². The molecule has 0 spiro atoms. The number of aromatic nitrogens is 1. The molecule has 4 nitrogen and oxygen atoms in total. The van der Waals surface area contributed by atoms with E-state index < -0.39 is 5.82 Å². The van der Waals surface area contributed by atoms with Gasteiger partial charge >= 0.3 is 0 Å². The highest BCUT2D eigenvalue weighted by molar-refractivity contribution is 7.78. The van der Waals surface area contributed by atoms with Crippen LogP contribution in [0.5, 0.6) is 0 Å². The lowest BCUT2D eigenvalue weighted by atomic mass is 10.2. The van der Waals surface area contributed by atoms with Crippen molar-refractivity contribution in [2.24, 2.45) is 4.99 Å². The first-order valence-electron chi connectivity index (χ1n) is 4.79. The summed E-state index contributed by atoms with van der Waals surface area (Å²) in [6.07, 6.45) is 0. The molecule has 1 heterocycles. The molecule has 2 rings (SSSR count). The van der Waals surface area contributed by atoms with Crippen LogP contribution in [-0.4, -0.2) is 16.1 Å². The van der Waals surface area contributed by atoms with Gasteiger partial charge in [-0.25, -0.2) is 4.39 Å². The number of isothiocyanates is 1. The van der Waals surface area contributed by atoms with Crippen LogP contribution in [0.4, 0.5) is 15.3 Å². The average Bonchev–Trinajstić information content (AvgIpc) is 2.78. The molecule has 0 saturated heterocycles. The number of amides is 1. The molecule has 1 aromatic heterocycles. The van der Waals surface area contributed by atoms with Gasteiger partial charge in [0, 0.05) is 10.9 Å². The summed E-state index contributed by atoms with van der Waals surface area (Å²) in [7, 11) is 0. The minimum absolute atomic E-state index is 0.353. The Balaban J connectivity index is 2.10. The molecule has 0 aliphatic rings. The van der Waals surface area contributed by atoms with Gasteiger partial charge < -0.3 is 0 Å². The number of hydrogen-bond donors (Lipinski definition) is 1. The van der Waals surface area contributed by atoms with Crippen LogP contribution in [0.15, 0.2) is 34.6 Å². The number of thiazole rings is 1. The number of anilines is 1. The van der Waals surface area contributed by atoms with E-state index in [1.807, 2.05) is 0 Å². The summed E-state index contributed by atoms with van der Waals surface area (Å²) in [6, 6.07) is 5.24. The summed E-state index contributed by atoms with van der Waals surface area (Å²) < 4.78 is 12.7. The molecule has 0 aliphatic heterocycles. The number of rotatable bonds is 3. The third kappa shape index (κ3) is 3.04. The summed E-state index contributed by atoms with van der Waals surface area (Å²) in [6.45, 7) is 0. The number of carbonyl (C=O) groups excluding carboxylic acids is 1. The number of carbonyl (C=O) groups is 1. The van der Waals surface area contributed by atoms with Crippen LogP contribution >= 0.6 is 23.6 Å². The fourth-order valence-electron chi connectivity index (χ4n) is 1.19. The average molecular weight is 279 g/mol. The van der Waals surface area contributed by atoms with Gasteiger partial charge in [0.2, 0.25) is 0 Å². The van der Waals surface area contributed by atoms with Gasteiger partial charge in [0.15, 0.2) is 10.9 Å². The Bertz CT molecular complexity index is 617. The van der Waals surface area contributed by atoms with E-state index in [1.54, 1.807) is 5.38 Å². The zero-order valence-corrected chi connectivity index (χ0v) is 10.5. The Labute approximate surface area is 111 Å². The first kappa shape index (κ1) is 12.5. The molecular formula is C11H6FN3OS2. The van der Waals surface area contributed by atoms with Crippen molar-refractivity contribution in [1.29, 1.82) is 0 Å². The molecule has 90 valence electrons. The monoisotopic (exact) mass is 279 g/mol. The number of thiocarbonyl (C=S) groups is 1. The number of nitrogens with zero attached hydrogens (tertiary/aromatic N) is 2. The third-order valence-electron chi connectivity index (χ3n) is 1.98. The van der Waals surface area contributed by atoms with Crippen molar-refractivity contribution >= 4 is 45.6 Å². The molecule has 1 N–H and O–H groups in total. The molecule has 0 atom stereocenters. The molecular weight excluding hydrogens is 273 g/mol. The number of halogens is 1. The number of nitrogens with one attached hydrogen (secondary N) is 1.